The molecular formula is C19H19FN10O5S2. The average molecular weight is 551 g/mol. The van der Waals surface area contributed by atoms with E-state index in [1.165, 1.54) is 22.6 Å². The summed E-state index contributed by atoms with van der Waals surface area (Å²) in [5.74, 6) is -2.16. The number of oxime groups is 1. The molecule has 5 heterocycles. The molecule has 0 aromatic carbocycles. The van der Waals surface area contributed by atoms with Crippen LogP contribution in [-0.2, 0) is 25.8 Å². The smallest absolute Gasteiger partial charge is 0.292 e. The van der Waals surface area contributed by atoms with E-state index in [2.05, 4.69) is 25.2 Å². The van der Waals surface area contributed by atoms with Crippen molar-refractivity contribution < 1.29 is 33.4 Å². The van der Waals surface area contributed by atoms with Crippen LogP contribution in [0, 0.1) is 0 Å². The van der Waals surface area contributed by atoms with Crippen LogP contribution in [0.3, 0.4) is 0 Å². The number of nitrogens with zero attached hydrogens (tertiary/aromatic N) is 6. The van der Waals surface area contributed by atoms with Crippen molar-refractivity contribution in [2.24, 2.45) is 10.9 Å². The van der Waals surface area contributed by atoms with Crippen LogP contribution in [0.25, 0.3) is 5.82 Å². The fourth-order valence-electron chi connectivity index (χ4n) is 4.03. The first kappa shape index (κ1) is 24.7. The summed E-state index contributed by atoms with van der Waals surface area (Å²) in [4.78, 5) is 46.1. The molecular weight excluding hydrogens is 531 g/mol. The number of carbonyl (C=O) groups excluding carboxylic acids is 3. The molecule has 0 aliphatic carbocycles. The van der Waals surface area contributed by atoms with E-state index < -0.39 is 41.9 Å². The lowest BCUT2D eigenvalue weighted by Crippen LogP contribution is -2.72. The van der Waals surface area contributed by atoms with E-state index in [0.29, 0.717) is 22.2 Å². The molecule has 15 nitrogen and oxygen atoms in total. The lowest BCUT2D eigenvalue weighted by atomic mass is 10.0. The largest absolute Gasteiger partial charge is 0.543 e. The molecule has 5 rings (SSSR count). The van der Waals surface area contributed by atoms with Gasteiger partial charge < -0.3 is 31.5 Å². The predicted molar refractivity (Wildman–Crippen MR) is 126 cm³/mol. The molecule has 194 valence electrons. The van der Waals surface area contributed by atoms with E-state index in [9.17, 15) is 23.9 Å². The van der Waals surface area contributed by atoms with Crippen molar-refractivity contribution >= 4 is 53.1 Å². The minimum atomic E-state index is -1.52. The third-order valence-corrected chi connectivity index (χ3v) is 7.59. The fourth-order valence-corrected chi connectivity index (χ4v) is 5.87. The van der Waals surface area contributed by atoms with E-state index in [1.807, 2.05) is 0 Å². The third-order valence-electron chi connectivity index (χ3n) is 5.62. The number of hydrogen-bond donors (Lipinski definition) is 4. The van der Waals surface area contributed by atoms with Gasteiger partial charge in [-0.05, 0) is 17.5 Å². The second-order valence-electron chi connectivity index (χ2n) is 7.82. The molecule has 5 aliphatic rings. The van der Waals surface area contributed by atoms with E-state index >= 15 is 0 Å². The Hall–Kier alpha value is -4.03. The molecule has 37 heavy (non-hydrogen) atoms. The molecule has 2 amide bonds. The van der Waals surface area contributed by atoms with Crippen molar-refractivity contribution in [1.29, 1.82) is 0 Å². The van der Waals surface area contributed by atoms with Crippen LogP contribution in [0.4, 0.5) is 10.2 Å². The fraction of sp³-hybridized carbons (Fsp3) is 0.263. The Morgan fingerprint density at radius 1 is 1.41 bits per heavy atom. The number of hydrogen-bond acceptors (Lipinski definition) is 12. The molecule has 18 heteroatoms. The van der Waals surface area contributed by atoms with E-state index in [-0.39, 0.29) is 18.0 Å². The highest BCUT2D eigenvalue weighted by Gasteiger charge is 2.53. The zero-order valence-corrected chi connectivity index (χ0v) is 20.4. The first-order valence-electron chi connectivity index (χ1n) is 10.6. The number of carboxylic acids is 1. The van der Waals surface area contributed by atoms with Crippen LogP contribution >= 0.6 is 23.7 Å². The molecule has 0 aromatic heterocycles. The van der Waals surface area contributed by atoms with Gasteiger partial charge in [0.05, 0.1) is 36.8 Å². The van der Waals surface area contributed by atoms with Crippen LogP contribution in [0.15, 0.2) is 52.2 Å². The summed E-state index contributed by atoms with van der Waals surface area (Å²) in [5.41, 5.74) is 11.8. The minimum Gasteiger partial charge on any atom is -0.543 e. The number of amidine groups is 1. The molecule has 0 saturated carbocycles. The van der Waals surface area contributed by atoms with Gasteiger partial charge in [-0.15, -0.1) is 21.5 Å². The molecule has 0 bridgehead atoms. The van der Waals surface area contributed by atoms with Crippen molar-refractivity contribution in [1.82, 2.24) is 29.7 Å². The van der Waals surface area contributed by atoms with Crippen molar-refractivity contribution in [3.8, 4) is 5.82 Å². The average Bonchev–Trinajstić information content (AvgIpc) is 3.54. The number of anilines is 1. The maximum atomic E-state index is 13.0. The molecule has 1 saturated heterocycles. The molecule has 0 spiro atoms. The molecule has 0 radical (unpaired) electrons. The number of rotatable bonds is 6. The standard InChI is InChI=1S/C19H19FN10O5S2/c20-8-35-25-15(28-6-11(22)37-26-28)16(31)24-13-17(32)29-14(19(33)34)9(7-36-18(13)29)5-27-4-2-10(21)30-12(27)1-3-23-30/h1-4,6,13,18,21,26H,5,7-8,22H2,(H2,24,31,33,34)/b25-15-/t13-,18-/m1/s1. The normalized spacial score (nSPS) is 21.6. The number of hydrazine groups is 1. The monoisotopic (exact) mass is 550 g/mol. The number of fused-ring (bicyclic) bond motifs is 2. The van der Waals surface area contributed by atoms with Gasteiger partial charge in [0.25, 0.3) is 30.3 Å². The van der Waals surface area contributed by atoms with Gasteiger partial charge in [-0.3, -0.25) is 19.1 Å². The Labute approximate surface area is 216 Å². The summed E-state index contributed by atoms with van der Waals surface area (Å²) in [6.07, 6.45) is 4.57. The highest BCUT2D eigenvalue weighted by atomic mass is 32.2. The number of nitrogens with one attached hydrogen (secondary N) is 2. The van der Waals surface area contributed by atoms with Crippen LogP contribution < -0.4 is 31.4 Å². The van der Waals surface area contributed by atoms with Crippen LogP contribution in [0.2, 0.25) is 0 Å². The van der Waals surface area contributed by atoms with Gasteiger partial charge in [0.1, 0.15) is 16.4 Å². The van der Waals surface area contributed by atoms with Crippen molar-refractivity contribution in [3.63, 3.8) is 0 Å². The Balaban J connectivity index is 1.36. The highest BCUT2D eigenvalue weighted by molar-refractivity contribution is 8.01. The Morgan fingerprint density at radius 3 is 2.92 bits per heavy atom. The van der Waals surface area contributed by atoms with Crippen LogP contribution in [0.5, 0.6) is 0 Å². The number of alkyl halides is 1. The van der Waals surface area contributed by atoms with Crippen molar-refractivity contribution in [2.45, 2.75) is 18.0 Å². The zero-order chi connectivity index (χ0) is 26.3. The molecule has 1 fully saturated rings. The SMILES string of the molecule is NC1=CN(/C(=N\OCF)C(=O)N[C@@H]2C(=O)N3C(C(=O)[O-])=C(Cn4ccc(N)[n+]5nccc4-5)CS[C@H]23)NS1. The quantitative estimate of drug-likeness (QED) is 0.0714. The number of β-lactam (4-membered cyclic amide) rings is 1. The Kier molecular flexibility index (Phi) is 6.52. The van der Waals surface area contributed by atoms with Gasteiger partial charge in [-0.25, -0.2) is 9.40 Å². The number of nitrogen functional groups attached to an aromatic ring is 1. The number of halogens is 1. The number of carbonyl (C=O) groups is 3. The Bertz CT molecular complexity index is 1350. The van der Waals surface area contributed by atoms with Gasteiger partial charge in [0.2, 0.25) is 5.82 Å². The number of carboxylic acid groups (broad SMARTS) is 1. The molecule has 2 atom stereocenters. The van der Waals surface area contributed by atoms with Gasteiger partial charge in [-0.2, -0.15) is 4.83 Å². The molecule has 0 aromatic rings. The summed E-state index contributed by atoms with van der Waals surface area (Å²) >= 11 is 2.25. The van der Waals surface area contributed by atoms with Crippen molar-refractivity contribution in [2.75, 3.05) is 18.3 Å². The summed E-state index contributed by atoms with van der Waals surface area (Å²) in [6, 6.07) is 2.28. The Morgan fingerprint density at radius 2 is 2.22 bits per heavy atom. The lowest BCUT2D eigenvalue weighted by Gasteiger charge is -2.50. The van der Waals surface area contributed by atoms with Crippen LogP contribution in [0.1, 0.15) is 0 Å². The number of thioether (sulfide) groups is 1. The maximum absolute atomic E-state index is 13.0. The molecule has 0 unspecified atom stereocenters. The van der Waals surface area contributed by atoms with Gasteiger partial charge >= 0.3 is 0 Å². The summed E-state index contributed by atoms with van der Waals surface area (Å²) in [5, 5.41) is 22.9. The summed E-state index contributed by atoms with van der Waals surface area (Å²) < 4.78 is 15.8. The summed E-state index contributed by atoms with van der Waals surface area (Å²) in [7, 11) is 0. The topological polar surface area (TPSA) is 200 Å². The van der Waals surface area contributed by atoms with E-state index in [0.717, 1.165) is 21.9 Å². The zero-order valence-electron chi connectivity index (χ0n) is 18.7. The molecule has 5 aliphatic heterocycles. The van der Waals surface area contributed by atoms with Gasteiger partial charge in [0.15, 0.2) is 0 Å². The van der Waals surface area contributed by atoms with Crippen LogP contribution in [-0.4, -0.2) is 67.2 Å². The highest BCUT2D eigenvalue weighted by Crippen LogP contribution is 2.40. The van der Waals surface area contributed by atoms with E-state index in [4.69, 9.17) is 11.5 Å². The minimum absolute atomic E-state index is 0.142. The molecule has 6 N–H and O–H groups in total. The second-order valence-corrected chi connectivity index (χ2v) is 9.78. The maximum Gasteiger partial charge on any atom is 0.292 e. The third kappa shape index (κ3) is 4.38. The first-order chi connectivity index (χ1) is 17.8. The number of nitrogens with two attached hydrogens (primary N) is 2. The number of amides is 2. The number of aliphatic carboxylic acids is 1. The number of aromatic nitrogens is 3. The lowest BCUT2D eigenvalue weighted by molar-refractivity contribution is -0.646. The van der Waals surface area contributed by atoms with E-state index in [1.54, 1.807) is 29.1 Å². The second kappa shape index (κ2) is 9.79. The predicted octanol–water partition coefficient (Wildman–Crippen LogP) is -2.93. The van der Waals surface area contributed by atoms with Gasteiger partial charge in [-0.1, -0.05) is 5.16 Å². The first-order valence-corrected chi connectivity index (χ1v) is 12.4. The van der Waals surface area contributed by atoms with Crippen molar-refractivity contribution in [3.05, 3.63) is 47.0 Å². The summed E-state index contributed by atoms with van der Waals surface area (Å²) in [6.45, 7) is -1.14. The van der Waals surface area contributed by atoms with Gasteiger partial charge in [0, 0.05) is 17.9 Å².